The molecule has 0 bridgehead atoms. The van der Waals surface area contributed by atoms with Gasteiger partial charge in [-0.1, -0.05) is 17.7 Å². The van der Waals surface area contributed by atoms with Crippen LogP contribution in [0.4, 0.5) is 10.1 Å². The number of halogens is 2. The third-order valence-corrected chi connectivity index (χ3v) is 9.78. The molecule has 1 saturated heterocycles. The first-order valence-electron chi connectivity index (χ1n) is 12.3. The summed E-state index contributed by atoms with van der Waals surface area (Å²) in [7, 11) is -0.649. The van der Waals surface area contributed by atoms with Gasteiger partial charge in [-0.2, -0.15) is 4.72 Å². The quantitative estimate of drug-likeness (QED) is 0.303. The molecule has 2 aromatic heterocycles. The van der Waals surface area contributed by atoms with E-state index >= 15 is 4.39 Å². The molecule has 0 unspecified atom stereocenters. The number of likely N-dealkylation sites (N-methyl/N-ethyl adjacent to an activating group) is 1. The molecule has 2 N–H and O–H groups in total. The van der Waals surface area contributed by atoms with E-state index in [4.69, 9.17) is 11.6 Å². The van der Waals surface area contributed by atoms with Crippen molar-refractivity contribution in [1.82, 2.24) is 24.5 Å². The fourth-order valence-electron chi connectivity index (χ4n) is 4.39. The van der Waals surface area contributed by atoms with Crippen LogP contribution in [-0.4, -0.2) is 67.9 Å². The molecule has 2 aromatic carbocycles. The van der Waals surface area contributed by atoms with E-state index in [2.05, 4.69) is 15.0 Å². The molecule has 2 amide bonds. The molecule has 0 spiro atoms. The van der Waals surface area contributed by atoms with Crippen LogP contribution >= 0.6 is 22.9 Å². The van der Waals surface area contributed by atoms with Crippen molar-refractivity contribution in [1.29, 1.82) is 0 Å². The first-order chi connectivity index (χ1) is 19.0. The van der Waals surface area contributed by atoms with Gasteiger partial charge in [-0.05, 0) is 42.1 Å². The summed E-state index contributed by atoms with van der Waals surface area (Å²) >= 11 is 7.07. The molecule has 1 aliphatic heterocycles. The SMILES string of the molecule is CN(C)C(=O)CNCc1nccn1-c1ccc(N2CC[C@H](NS(=O)(=O)c3cc4ccc(Cl)cc4s3)C2=O)c(F)c1. The molecule has 14 heteroatoms. The highest BCUT2D eigenvalue weighted by Gasteiger charge is 2.37. The first kappa shape index (κ1) is 28.2. The van der Waals surface area contributed by atoms with Gasteiger partial charge in [0.1, 0.15) is 21.9 Å². The molecule has 1 fully saturated rings. The van der Waals surface area contributed by atoms with E-state index in [0.717, 1.165) is 16.7 Å². The zero-order valence-electron chi connectivity index (χ0n) is 21.6. The Morgan fingerprint density at radius 2 is 2.02 bits per heavy atom. The van der Waals surface area contributed by atoms with E-state index in [1.165, 1.54) is 28.0 Å². The molecule has 40 heavy (non-hydrogen) atoms. The number of hydrogen-bond donors (Lipinski definition) is 2. The number of aromatic nitrogens is 2. The van der Waals surface area contributed by atoms with Crippen LogP contribution in [0.25, 0.3) is 15.8 Å². The molecule has 5 rings (SSSR count). The minimum atomic E-state index is -3.98. The van der Waals surface area contributed by atoms with Crippen LogP contribution < -0.4 is 14.9 Å². The Hall–Kier alpha value is -3.36. The zero-order chi connectivity index (χ0) is 28.6. The van der Waals surface area contributed by atoms with Crippen molar-refractivity contribution in [2.24, 2.45) is 0 Å². The predicted octanol–water partition coefficient (Wildman–Crippen LogP) is 3.14. The second kappa shape index (κ2) is 11.3. The average Bonchev–Trinajstić information content (AvgIpc) is 3.63. The lowest BCUT2D eigenvalue weighted by Gasteiger charge is -2.19. The van der Waals surface area contributed by atoms with Gasteiger partial charge in [-0.15, -0.1) is 11.3 Å². The summed E-state index contributed by atoms with van der Waals surface area (Å²) in [6.45, 7) is 0.575. The van der Waals surface area contributed by atoms with Crippen molar-refractivity contribution in [3.63, 3.8) is 0 Å². The maximum absolute atomic E-state index is 15.3. The standard InChI is InChI=1S/C26H26ClFN6O4S2/c1-32(2)24(35)15-29-14-23-30-8-10-33(23)18-5-6-21(19(28)13-18)34-9-7-20(26(34)36)31-40(37,38)25-11-16-3-4-17(27)12-22(16)39-25/h3-6,8,10-13,20,29,31H,7,9,14-15H2,1-2H3/t20-/m0/s1. The third-order valence-electron chi connectivity index (χ3n) is 6.50. The number of nitrogens with zero attached hydrogens (tertiary/aromatic N) is 4. The van der Waals surface area contributed by atoms with Gasteiger partial charge >= 0.3 is 0 Å². The van der Waals surface area contributed by atoms with E-state index in [0.29, 0.717) is 21.2 Å². The minimum Gasteiger partial charge on any atom is -0.348 e. The molecular weight excluding hydrogens is 579 g/mol. The number of thiophene rings is 1. The second-order valence-corrected chi connectivity index (χ2v) is 12.9. The van der Waals surface area contributed by atoms with Crippen molar-refractivity contribution in [2.75, 3.05) is 32.1 Å². The highest BCUT2D eigenvalue weighted by Crippen LogP contribution is 2.32. The smallest absolute Gasteiger partial charge is 0.250 e. The summed E-state index contributed by atoms with van der Waals surface area (Å²) in [6.07, 6.45) is 3.44. The maximum atomic E-state index is 15.3. The molecule has 1 atom stereocenters. The molecule has 210 valence electrons. The largest absolute Gasteiger partial charge is 0.348 e. The Labute approximate surface area is 239 Å². The van der Waals surface area contributed by atoms with E-state index in [1.54, 1.807) is 55.3 Å². The fraction of sp³-hybridized carbons (Fsp3) is 0.269. The number of hydrogen-bond acceptors (Lipinski definition) is 7. The average molecular weight is 605 g/mol. The van der Waals surface area contributed by atoms with Crippen molar-refractivity contribution in [2.45, 2.75) is 23.2 Å². The lowest BCUT2D eigenvalue weighted by atomic mass is 10.2. The van der Waals surface area contributed by atoms with Gasteiger partial charge in [-0.3, -0.25) is 9.59 Å². The van der Waals surface area contributed by atoms with Crippen LogP contribution in [0.3, 0.4) is 0 Å². The summed E-state index contributed by atoms with van der Waals surface area (Å²) in [6, 6.07) is 10.0. The third kappa shape index (κ3) is 5.74. The zero-order valence-corrected chi connectivity index (χ0v) is 24.0. The Morgan fingerprint density at radius 3 is 2.77 bits per heavy atom. The fourth-order valence-corrected chi connectivity index (χ4v) is 7.31. The molecule has 0 aliphatic carbocycles. The molecule has 0 saturated carbocycles. The van der Waals surface area contributed by atoms with Gasteiger partial charge in [-0.25, -0.2) is 17.8 Å². The summed E-state index contributed by atoms with van der Waals surface area (Å²) in [5, 5.41) is 4.25. The highest BCUT2D eigenvalue weighted by atomic mass is 35.5. The molecule has 4 aromatic rings. The van der Waals surface area contributed by atoms with E-state index in [1.807, 2.05) is 0 Å². The Bertz CT molecular complexity index is 1700. The summed E-state index contributed by atoms with van der Waals surface area (Å²) in [5.41, 5.74) is 0.548. The topological polar surface area (TPSA) is 117 Å². The van der Waals surface area contributed by atoms with E-state index < -0.39 is 27.8 Å². The van der Waals surface area contributed by atoms with Crippen molar-refractivity contribution >= 4 is 60.5 Å². The van der Waals surface area contributed by atoms with Gasteiger partial charge in [0.25, 0.3) is 10.0 Å². The highest BCUT2D eigenvalue weighted by molar-refractivity contribution is 7.91. The molecular formula is C26H26ClFN6O4S2. The number of carbonyl (C=O) groups excluding carboxylic acids is 2. The molecule has 0 radical (unpaired) electrons. The maximum Gasteiger partial charge on any atom is 0.250 e. The number of rotatable bonds is 9. The monoisotopic (exact) mass is 604 g/mol. The number of imidazole rings is 1. The van der Waals surface area contributed by atoms with Gasteiger partial charge in [0.15, 0.2) is 0 Å². The normalized spacial score (nSPS) is 15.8. The number of fused-ring (bicyclic) bond motifs is 1. The minimum absolute atomic E-state index is 0.0586. The number of amides is 2. The van der Waals surface area contributed by atoms with Gasteiger partial charge in [0, 0.05) is 54.5 Å². The van der Waals surface area contributed by atoms with Crippen LogP contribution in [0.1, 0.15) is 12.2 Å². The van der Waals surface area contributed by atoms with Crippen molar-refractivity contribution in [3.8, 4) is 5.69 Å². The Kier molecular flexibility index (Phi) is 7.93. The number of carbonyl (C=O) groups is 2. The summed E-state index contributed by atoms with van der Waals surface area (Å²) < 4.78 is 46.3. The summed E-state index contributed by atoms with van der Waals surface area (Å²) in [4.78, 5) is 31.9. The number of anilines is 1. The first-order valence-corrected chi connectivity index (χ1v) is 15.0. The predicted molar refractivity (Wildman–Crippen MR) is 152 cm³/mol. The van der Waals surface area contributed by atoms with Gasteiger partial charge in [0.05, 0.1) is 18.8 Å². The van der Waals surface area contributed by atoms with Crippen LogP contribution in [0, 0.1) is 5.82 Å². The van der Waals surface area contributed by atoms with Gasteiger partial charge < -0.3 is 19.7 Å². The lowest BCUT2D eigenvalue weighted by molar-refractivity contribution is -0.127. The van der Waals surface area contributed by atoms with Crippen molar-refractivity contribution in [3.05, 3.63) is 71.5 Å². The van der Waals surface area contributed by atoms with Crippen LogP contribution in [0.15, 0.2) is 59.1 Å². The van der Waals surface area contributed by atoms with Crippen molar-refractivity contribution < 1.29 is 22.4 Å². The number of nitrogens with one attached hydrogen (secondary N) is 2. The van der Waals surface area contributed by atoms with Crippen LogP contribution in [0.5, 0.6) is 0 Å². The van der Waals surface area contributed by atoms with Gasteiger partial charge in [0.2, 0.25) is 11.8 Å². The second-order valence-electron chi connectivity index (χ2n) is 9.44. The lowest BCUT2D eigenvalue weighted by Crippen LogP contribution is -2.41. The molecule has 3 heterocycles. The summed E-state index contributed by atoms with van der Waals surface area (Å²) in [5.74, 6) is -0.671. The molecule has 1 aliphatic rings. The number of sulfonamides is 1. The van der Waals surface area contributed by atoms with E-state index in [9.17, 15) is 18.0 Å². The van der Waals surface area contributed by atoms with Crippen LogP contribution in [0.2, 0.25) is 5.02 Å². The Morgan fingerprint density at radius 1 is 1.23 bits per heavy atom. The van der Waals surface area contributed by atoms with E-state index in [-0.39, 0.29) is 41.9 Å². The van der Waals surface area contributed by atoms with Crippen LogP contribution in [-0.2, 0) is 26.2 Å². The Balaban J connectivity index is 1.28. The molecule has 10 nitrogen and oxygen atoms in total. The number of benzene rings is 2.